The van der Waals surface area contributed by atoms with Crippen molar-refractivity contribution in [2.24, 2.45) is 0 Å². The van der Waals surface area contributed by atoms with E-state index in [0.717, 1.165) is 6.42 Å². The molecule has 1 aromatic carbocycles. The van der Waals surface area contributed by atoms with Gasteiger partial charge >= 0.3 is 0 Å². The van der Waals surface area contributed by atoms with E-state index >= 15 is 0 Å². The molecule has 98 valence electrons. The maximum atomic E-state index is 13.8. The van der Waals surface area contributed by atoms with Crippen molar-refractivity contribution >= 4 is 15.9 Å². The van der Waals surface area contributed by atoms with Crippen LogP contribution >= 0.6 is 15.9 Å². The van der Waals surface area contributed by atoms with Crippen molar-refractivity contribution in [3.8, 4) is 12.3 Å². The Kier molecular flexibility index (Phi) is 6.31. The Morgan fingerprint density at radius 2 is 2.00 bits per heavy atom. The van der Waals surface area contributed by atoms with Gasteiger partial charge in [-0.25, -0.2) is 8.78 Å². The summed E-state index contributed by atoms with van der Waals surface area (Å²) >= 11 is 3.07. The smallest absolute Gasteiger partial charge is 0.132 e. The van der Waals surface area contributed by atoms with Gasteiger partial charge in [0.1, 0.15) is 11.6 Å². The number of halogens is 3. The van der Waals surface area contributed by atoms with Gasteiger partial charge in [-0.1, -0.05) is 22.9 Å². The average Bonchev–Trinajstić information content (AvgIpc) is 2.28. The van der Waals surface area contributed by atoms with Crippen LogP contribution in [0.1, 0.15) is 37.8 Å². The first-order valence-corrected chi connectivity index (χ1v) is 6.70. The summed E-state index contributed by atoms with van der Waals surface area (Å²) in [4.78, 5) is 0. The zero-order chi connectivity index (χ0) is 13.5. The van der Waals surface area contributed by atoms with E-state index in [1.54, 1.807) is 0 Å². The fourth-order valence-electron chi connectivity index (χ4n) is 1.89. The van der Waals surface area contributed by atoms with Crippen molar-refractivity contribution < 1.29 is 8.78 Å². The molecule has 0 aromatic heterocycles. The van der Waals surface area contributed by atoms with Gasteiger partial charge in [0.05, 0.1) is 0 Å². The van der Waals surface area contributed by atoms with E-state index in [-0.39, 0.29) is 11.6 Å². The molecule has 1 aromatic rings. The van der Waals surface area contributed by atoms with Gasteiger partial charge in [-0.3, -0.25) is 0 Å². The van der Waals surface area contributed by atoms with Crippen LogP contribution in [0.5, 0.6) is 0 Å². The molecule has 1 rings (SSSR count). The number of hydrogen-bond acceptors (Lipinski definition) is 1. The fourth-order valence-corrected chi connectivity index (χ4v) is 2.29. The molecule has 0 heterocycles. The van der Waals surface area contributed by atoms with Crippen molar-refractivity contribution in [3.05, 3.63) is 33.8 Å². The molecule has 0 aliphatic rings. The van der Waals surface area contributed by atoms with Gasteiger partial charge in [0.15, 0.2) is 0 Å². The molecule has 0 aliphatic heterocycles. The van der Waals surface area contributed by atoms with Gasteiger partial charge in [-0.2, -0.15) is 0 Å². The van der Waals surface area contributed by atoms with Gasteiger partial charge in [0, 0.05) is 22.5 Å². The minimum Gasteiger partial charge on any atom is -0.310 e. The monoisotopic (exact) mass is 315 g/mol. The lowest BCUT2D eigenvalue weighted by Crippen LogP contribution is -2.23. The molecule has 0 saturated carbocycles. The molecular weight excluding hydrogens is 300 g/mol. The van der Waals surface area contributed by atoms with E-state index in [1.807, 2.05) is 6.92 Å². The molecule has 0 saturated heterocycles. The summed E-state index contributed by atoms with van der Waals surface area (Å²) in [6, 6.07) is 2.23. The molecule has 1 N–H and O–H groups in total. The minimum atomic E-state index is -0.534. The summed E-state index contributed by atoms with van der Waals surface area (Å²) in [5.41, 5.74) is 0.0945. The summed E-state index contributed by atoms with van der Waals surface area (Å²) in [6.07, 6.45) is 7.15. The summed E-state index contributed by atoms with van der Waals surface area (Å²) in [7, 11) is 0. The van der Waals surface area contributed by atoms with Crippen molar-refractivity contribution in [1.82, 2.24) is 5.32 Å². The third-order valence-corrected chi connectivity index (χ3v) is 3.11. The van der Waals surface area contributed by atoms with Crippen LogP contribution in [0.25, 0.3) is 0 Å². The van der Waals surface area contributed by atoms with E-state index in [9.17, 15) is 8.78 Å². The van der Waals surface area contributed by atoms with Crippen LogP contribution in [-0.2, 0) is 0 Å². The highest BCUT2D eigenvalue weighted by Gasteiger charge is 2.19. The van der Waals surface area contributed by atoms with Gasteiger partial charge in [0.2, 0.25) is 0 Å². The number of terminal acetylenes is 1. The van der Waals surface area contributed by atoms with Gasteiger partial charge < -0.3 is 5.32 Å². The molecule has 18 heavy (non-hydrogen) atoms. The van der Waals surface area contributed by atoms with E-state index < -0.39 is 11.6 Å². The number of benzene rings is 1. The lowest BCUT2D eigenvalue weighted by molar-refractivity contribution is 0.447. The number of rotatable bonds is 6. The van der Waals surface area contributed by atoms with Gasteiger partial charge in [0.25, 0.3) is 0 Å². The molecule has 0 radical (unpaired) electrons. The van der Waals surface area contributed by atoms with Crippen molar-refractivity contribution in [2.45, 2.75) is 32.2 Å². The highest BCUT2D eigenvalue weighted by atomic mass is 79.9. The van der Waals surface area contributed by atoms with Gasteiger partial charge in [-0.05, 0) is 31.5 Å². The molecule has 0 fully saturated rings. The molecule has 4 heteroatoms. The summed E-state index contributed by atoms with van der Waals surface area (Å²) < 4.78 is 28.1. The zero-order valence-corrected chi connectivity index (χ0v) is 11.9. The van der Waals surface area contributed by atoms with E-state index in [0.29, 0.717) is 23.9 Å². The molecule has 0 bridgehead atoms. The van der Waals surface area contributed by atoms with Crippen LogP contribution < -0.4 is 5.32 Å². The SMILES string of the molecule is C#CCCCC(NCC)c1c(F)cc(Br)cc1F. The first-order valence-electron chi connectivity index (χ1n) is 5.91. The number of hydrogen-bond donors (Lipinski definition) is 1. The zero-order valence-electron chi connectivity index (χ0n) is 10.3. The Bertz CT molecular complexity index is 417. The molecule has 0 spiro atoms. The van der Waals surface area contributed by atoms with Crippen molar-refractivity contribution in [1.29, 1.82) is 0 Å². The van der Waals surface area contributed by atoms with Gasteiger partial charge in [-0.15, -0.1) is 12.3 Å². The minimum absolute atomic E-state index is 0.0945. The number of nitrogens with one attached hydrogen (secondary N) is 1. The van der Waals surface area contributed by atoms with Crippen LogP contribution in [-0.4, -0.2) is 6.54 Å². The Hall–Kier alpha value is -0.920. The van der Waals surface area contributed by atoms with Crippen LogP contribution in [0, 0.1) is 24.0 Å². The lowest BCUT2D eigenvalue weighted by Gasteiger charge is -2.19. The van der Waals surface area contributed by atoms with Crippen LogP contribution in [0.15, 0.2) is 16.6 Å². The quantitative estimate of drug-likeness (QED) is 0.613. The fraction of sp³-hybridized carbons (Fsp3) is 0.429. The maximum Gasteiger partial charge on any atom is 0.132 e. The predicted octanol–water partition coefficient (Wildman–Crippen LogP) is 4.18. The Balaban J connectivity index is 2.94. The normalized spacial score (nSPS) is 12.2. The Labute approximate surface area is 115 Å². The third-order valence-electron chi connectivity index (χ3n) is 2.66. The second-order valence-corrected chi connectivity index (χ2v) is 4.91. The summed E-state index contributed by atoms with van der Waals surface area (Å²) in [5.74, 6) is 1.46. The molecule has 0 amide bonds. The standard InChI is InChI=1S/C14H16BrF2N/c1-3-5-6-7-13(18-4-2)14-11(16)8-10(15)9-12(14)17/h1,8-9,13,18H,4-7H2,2H3. The molecule has 1 atom stereocenters. The first kappa shape index (κ1) is 15.1. The first-order chi connectivity index (χ1) is 8.60. The molecular formula is C14H16BrF2N. The topological polar surface area (TPSA) is 12.0 Å². The molecule has 1 nitrogen and oxygen atoms in total. The largest absolute Gasteiger partial charge is 0.310 e. The van der Waals surface area contributed by atoms with Crippen molar-refractivity contribution in [3.63, 3.8) is 0 Å². The van der Waals surface area contributed by atoms with Crippen LogP contribution in [0.3, 0.4) is 0 Å². The second kappa shape index (κ2) is 7.50. The third kappa shape index (κ3) is 4.08. The Morgan fingerprint density at radius 1 is 1.39 bits per heavy atom. The van der Waals surface area contributed by atoms with E-state index in [2.05, 4.69) is 27.2 Å². The van der Waals surface area contributed by atoms with Crippen LogP contribution in [0.4, 0.5) is 8.78 Å². The second-order valence-electron chi connectivity index (χ2n) is 3.99. The highest BCUT2D eigenvalue weighted by molar-refractivity contribution is 9.10. The number of unbranched alkanes of at least 4 members (excludes halogenated alkanes) is 1. The average molecular weight is 316 g/mol. The lowest BCUT2D eigenvalue weighted by atomic mass is 10.00. The molecule has 1 unspecified atom stereocenters. The maximum absolute atomic E-state index is 13.8. The summed E-state index contributed by atoms with van der Waals surface area (Å²) in [6.45, 7) is 2.55. The molecule has 0 aliphatic carbocycles. The highest BCUT2D eigenvalue weighted by Crippen LogP contribution is 2.27. The summed E-state index contributed by atoms with van der Waals surface area (Å²) in [5, 5.41) is 3.10. The van der Waals surface area contributed by atoms with Crippen LogP contribution in [0.2, 0.25) is 0 Å². The van der Waals surface area contributed by atoms with E-state index in [4.69, 9.17) is 6.42 Å². The van der Waals surface area contributed by atoms with Crippen molar-refractivity contribution in [2.75, 3.05) is 6.54 Å². The predicted molar refractivity (Wildman–Crippen MR) is 73.2 cm³/mol. The Morgan fingerprint density at radius 3 is 2.50 bits per heavy atom. The van der Waals surface area contributed by atoms with E-state index in [1.165, 1.54) is 12.1 Å².